The molecule has 4 atom stereocenters. The summed E-state index contributed by atoms with van der Waals surface area (Å²) in [6.07, 6.45) is -0.674. The highest BCUT2D eigenvalue weighted by Gasteiger charge is 2.31. The SMILES string of the molecule is CC(C)CC(NC(=O)C(CCC(N)=O)NC(=O)C(Cc1ccc(O)cc1)NC(=O)C(N)CCC(N)=O)C(=O)O. The van der Waals surface area contributed by atoms with Gasteiger partial charge in [-0.2, -0.15) is 0 Å². The molecule has 0 aliphatic carbocycles. The fraction of sp³-hybridized carbons (Fsp3) is 0.520. The minimum atomic E-state index is -1.35. The Morgan fingerprint density at radius 2 is 1.26 bits per heavy atom. The summed E-state index contributed by atoms with van der Waals surface area (Å²) in [5.41, 5.74) is 16.7. The number of phenols is 1. The number of aromatic hydroxyl groups is 1. The van der Waals surface area contributed by atoms with Gasteiger partial charge in [0, 0.05) is 19.3 Å². The molecule has 0 saturated heterocycles. The highest BCUT2D eigenvalue weighted by Crippen LogP contribution is 2.13. The van der Waals surface area contributed by atoms with Gasteiger partial charge in [-0.25, -0.2) is 4.79 Å². The van der Waals surface area contributed by atoms with Crippen molar-refractivity contribution in [3.63, 3.8) is 0 Å². The summed E-state index contributed by atoms with van der Waals surface area (Å²) in [7, 11) is 0. The molecule has 0 aromatic heterocycles. The van der Waals surface area contributed by atoms with Gasteiger partial charge in [0.05, 0.1) is 6.04 Å². The van der Waals surface area contributed by atoms with Crippen LogP contribution in [0.4, 0.5) is 0 Å². The average Bonchev–Trinajstić information content (AvgIpc) is 2.84. The normalized spacial score (nSPS) is 13.9. The summed E-state index contributed by atoms with van der Waals surface area (Å²) in [6, 6.07) is 0.807. The van der Waals surface area contributed by atoms with E-state index in [9.17, 15) is 39.0 Å². The van der Waals surface area contributed by atoms with Gasteiger partial charge in [0.25, 0.3) is 0 Å². The van der Waals surface area contributed by atoms with Crippen molar-refractivity contribution in [2.75, 3.05) is 0 Å². The van der Waals surface area contributed by atoms with E-state index in [0.717, 1.165) is 0 Å². The molecule has 0 saturated carbocycles. The number of nitrogens with two attached hydrogens (primary N) is 3. The summed E-state index contributed by atoms with van der Waals surface area (Å²) in [5, 5.41) is 26.3. The van der Waals surface area contributed by atoms with Crippen molar-refractivity contribution in [1.29, 1.82) is 0 Å². The maximum Gasteiger partial charge on any atom is 0.326 e. The number of amides is 5. The van der Waals surface area contributed by atoms with E-state index in [-0.39, 0.29) is 50.2 Å². The number of benzene rings is 1. The Bertz CT molecular complexity index is 1030. The number of carbonyl (C=O) groups excluding carboxylic acids is 5. The molecule has 0 aliphatic heterocycles. The van der Waals surface area contributed by atoms with Gasteiger partial charge in [0.2, 0.25) is 29.5 Å². The van der Waals surface area contributed by atoms with Gasteiger partial charge in [-0.15, -0.1) is 0 Å². The van der Waals surface area contributed by atoms with Crippen LogP contribution in [0.15, 0.2) is 24.3 Å². The number of aliphatic carboxylic acids is 1. The predicted molar refractivity (Wildman–Crippen MR) is 140 cm³/mol. The summed E-state index contributed by atoms with van der Waals surface area (Å²) >= 11 is 0. The van der Waals surface area contributed by atoms with Crippen LogP contribution in [0.3, 0.4) is 0 Å². The van der Waals surface area contributed by atoms with E-state index in [1.807, 2.05) is 0 Å². The Hall–Kier alpha value is -4.20. The quantitative estimate of drug-likeness (QED) is 0.111. The number of hydrogen-bond acceptors (Lipinski definition) is 8. The van der Waals surface area contributed by atoms with Crippen LogP contribution in [0.25, 0.3) is 0 Å². The summed E-state index contributed by atoms with van der Waals surface area (Å²) in [4.78, 5) is 73.0. The van der Waals surface area contributed by atoms with Gasteiger partial charge in [-0.1, -0.05) is 26.0 Å². The first-order valence-corrected chi connectivity index (χ1v) is 12.4. The van der Waals surface area contributed by atoms with Crippen LogP contribution < -0.4 is 33.2 Å². The van der Waals surface area contributed by atoms with E-state index < -0.39 is 59.7 Å². The summed E-state index contributed by atoms with van der Waals surface area (Å²) in [5.74, 6) is -5.16. The molecule has 0 heterocycles. The zero-order valence-electron chi connectivity index (χ0n) is 22.0. The maximum absolute atomic E-state index is 13.3. The molecule has 14 heteroatoms. The first-order valence-electron chi connectivity index (χ1n) is 12.4. The van der Waals surface area contributed by atoms with Gasteiger partial charge in [-0.05, 0) is 42.9 Å². The highest BCUT2D eigenvalue weighted by molar-refractivity contribution is 5.94. The monoisotopic (exact) mass is 550 g/mol. The van der Waals surface area contributed by atoms with Crippen molar-refractivity contribution in [3.8, 4) is 5.75 Å². The van der Waals surface area contributed by atoms with Crippen LogP contribution >= 0.6 is 0 Å². The van der Waals surface area contributed by atoms with E-state index in [4.69, 9.17) is 17.2 Å². The zero-order valence-corrected chi connectivity index (χ0v) is 22.0. The van der Waals surface area contributed by atoms with E-state index in [1.165, 1.54) is 24.3 Å². The third-order valence-corrected chi connectivity index (χ3v) is 5.68. The van der Waals surface area contributed by atoms with Crippen LogP contribution in [0.5, 0.6) is 5.75 Å². The molecular weight excluding hydrogens is 512 g/mol. The lowest BCUT2D eigenvalue weighted by Crippen LogP contribution is -2.57. The van der Waals surface area contributed by atoms with E-state index >= 15 is 0 Å². The van der Waals surface area contributed by atoms with Gasteiger partial charge in [-0.3, -0.25) is 24.0 Å². The minimum absolute atomic E-state index is 0.0187. The second-order valence-corrected chi connectivity index (χ2v) is 9.64. The lowest BCUT2D eigenvalue weighted by molar-refractivity contribution is -0.143. The fourth-order valence-corrected chi connectivity index (χ4v) is 3.58. The van der Waals surface area contributed by atoms with E-state index in [2.05, 4.69) is 16.0 Å². The molecule has 39 heavy (non-hydrogen) atoms. The van der Waals surface area contributed by atoms with Gasteiger partial charge < -0.3 is 43.4 Å². The molecule has 0 spiro atoms. The standard InChI is InChI=1S/C25H38N6O8/c1-13(2)11-19(25(38)39)31-23(36)17(8-10-21(28)34)29-24(37)18(12-14-3-5-15(32)6-4-14)30-22(35)16(26)7-9-20(27)33/h3-6,13,16-19,32H,7-12,26H2,1-2H3,(H2,27,33)(H2,28,34)(H,29,37)(H,30,35)(H,31,36)(H,38,39). The molecule has 216 valence electrons. The average molecular weight is 551 g/mol. The largest absolute Gasteiger partial charge is 0.508 e. The molecule has 1 aromatic rings. The van der Waals surface area contributed by atoms with Crippen molar-refractivity contribution < 1.29 is 39.0 Å². The minimum Gasteiger partial charge on any atom is -0.508 e. The first kappa shape index (κ1) is 32.8. The number of nitrogens with one attached hydrogen (secondary N) is 3. The van der Waals surface area contributed by atoms with E-state index in [1.54, 1.807) is 13.8 Å². The molecule has 0 radical (unpaired) electrons. The maximum atomic E-state index is 13.3. The molecule has 0 aliphatic rings. The fourth-order valence-electron chi connectivity index (χ4n) is 3.58. The number of primary amides is 2. The first-order chi connectivity index (χ1) is 18.2. The van der Waals surface area contributed by atoms with Crippen LogP contribution in [0.2, 0.25) is 0 Å². The van der Waals surface area contributed by atoms with Crippen LogP contribution in [0, 0.1) is 5.92 Å². The third kappa shape index (κ3) is 12.7. The van der Waals surface area contributed by atoms with Crippen molar-refractivity contribution in [1.82, 2.24) is 16.0 Å². The Kier molecular flexibility index (Phi) is 13.4. The zero-order chi connectivity index (χ0) is 29.7. The summed E-state index contributed by atoms with van der Waals surface area (Å²) < 4.78 is 0. The Balaban J connectivity index is 3.16. The van der Waals surface area contributed by atoms with Crippen molar-refractivity contribution in [2.45, 2.75) is 76.5 Å². The molecule has 0 bridgehead atoms. The van der Waals surface area contributed by atoms with Gasteiger partial charge in [0.1, 0.15) is 23.9 Å². The number of carbonyl (C=O) groups is 6. The second-order valence-electron chi connectivity index (χ2n) is 9.64. The number of hydrogen-bond donors (Lipinski definition) is 8. The highest BCUT2D eigenvalue weighted by atomic mass is 16.4. The lowest BCUT2D eigenvalue weighted by atomic mass is 10.0. The number of rotatable bonds is 17. The molecule has 1 rings (SSSR count). The van der Waals surface area contributed by atoms with Gasteiger partial charge in [0.15, 0.2) is 0 Å². The second kappa shape index (κ2) is 15.9. The number of carboxylic acid groups (broad SMARTS) is 1. The van der Waals surface area contributed by atoms with Crippen LogP contribution in [-0.2, 0) is 35.2 Å². The predicted octanol–water partition coefficient (Wildman–Crippen LogP) is -1.62. The van der Waals surface area contributed by atoms with Gasteiger partial charge >= 0.3 is 5.97 Å². The Labute approximate surface area is 226 Å². The van der Waals surface area contributed by atoms with E-state index in [0.29, 0.717) is 5.56 Å². The molecule has 0 fully saturated rings. The topological polar surface area (TPSA) is 257 Å². The molecule has 11 N–H and O–H groups in total. The molecular formula is C25H38N6O8. The molecule has 5 amide bonds. The van der Waals surface area contributed by atoms with Crippen molar-refractivity contribution in [2.24, 2.45) is 23.1 Å². The smallest absolute Gasteiger partial charge is 0.326 e. The number of carboxylic acids is 1. The Morgan fingerprint density at radius 3 is 1.77 bits per heavy atom. The Morgan fingerprint density at radius 1 is 0.769 bits per heavy atom. The third-order valence-electron chi connectivity index (χ3n) is 5.68. The molecule has 4 unspecified atom stereocenters. The van der Waals surface area contributed by atoms with Crippen LogP contribution in [0.1, 0.15) is 51.5 Å². The molecule has 1 aromatic carbocycles. The van der Waals surface area contributed by atoms with Crippen molar-refractivity contribution >= 4 is 35.5 Å². The lowest BCUT2D eigenvalue weighted by Gasteiger charge is -2.25. The number of phenolic OH excluding ortho intramolecular Hbond substituents is 1. The summed E-state index contributed by atoms with van der Waals surface area (Å²) in [6.45, 7) is 3.55. The van der Waals surface area contributed by atoms with Crippen molar-refractivity contribution in [3.05, 3.63) is 29.8 Å². The van der Waals surface area contributed by atoms with Crippen LogP contribution in [-0.4, -0.2) is 69.9 Å². The molecule has 14 nitrogen and oxygen atoms in total.